The van der Waals surface area contributed by atoms with Crippen molar-refractivity contribution in [3.05, 3.63) is 99.8 Å². The lowest BCUT2D eigenvalue weighted by atomic mass is 9.98. The van der Waals surface area contributed by atoms with Crippen molar-refractivity contribution in [1.82, 2.24) is 4.98 Å². The highest BCUT2D eigenvalue weighted by Crippen LogP contribution is 2.41. The van der Waals surface area contributed by atoms with Gasteiger partial charge in [0.2, 0.25) is 0 Å². The van der Waals surface area contributed by atoms with Gasteiger partial charge in [0, 0.05) is 27.5 Å². The minimum absolute atomic E-state index is 0.0454. The Morgan fingerprint density at radius 3 is 2.34 bits per heavy atom. The highest BCUT2D eigenvalue weighted by Gasteiger charge is 2.47. The van der Waals surface area contributed by atoms with E-state index in [0.29, 0.717) is 27.0 Å². The summed E-state index contributed by atoms with van der Waals surface area (Å²) in [6, 6.07) is 17.3. The summed E-state index contributed by atoms with van der Waals surface area (Å²) in [5.74, 6) is -1.85. The molecule has 1 aromatic heterocycles. The fraction of sp³-hybridized carbons (Fsp3) is 0.0455. The quantitative estimate of drug-likeness (QED) is 0.364. The summed E-state index contributed by atoms with van der Waals surface area (Å²) in [4.78, 5) is 31.5. The van der Waals surface area contributed by atoms with Gasteiger partial charge in [0.1, 0.15) is 11.8 Å². The number of anilines is 1. The molecule has 1 aliphatic heterocycles. The Kier molecular flexibility index (Phi) is 5.09. The number of nitrogens with zero attached hydrogens (tertiary/aromatic N) is 2. The molecule has 29 heavy (non-hydrogen) atoms. The van der Waals surface area contributed by atoms with E-state index in [1.807, 2.05) is 0 Å². The second-order valence-corrected chi connectivity index (χ2v) is 7.28. The van der Waals surface area contributed by atoms with E-state index in [9.17, 15) is 14.7 Å². The lowest BCUT2D eigenvalue weighted by Gasteiger charge is -2.24. The SMILES string of the molecule is O=C1C(=O)N(c2cccc(Cl)c2)C(c2ccccn2)/C1=C(\O)c1ccc(Cl)cc1. The van der Waals surface area contributed by atoms with Crippen LogP contribution in [-0.4, -0.2) is 21.8 Å². The van der Waals surface area contributed by atoms with Gasteiger partial charge in [0.15, 0.2) is 0 Å². The molecule has 1 saturated heterocycles. The van der Waals surface area contributed by atoms with Crippen molar-refractivity contribution in [3.8, 4) is 0 Å². The molecule has 0 saturated carbocycles. The Morgan fingerprint density at radius 1 is 0.931 bits per heavy atom. The molecule has 2 aromatic carbocycles. The van der Waals surface area contributed by atoms with Crippen molar-refractivity contribution in [2.45, 2.75) is 6.04 Å². The van der Waals surface area contributed by atoms with Crippen LogP contribution in [0.3, 0.4) is 0 Å². The highest BCUT2D eigenvalue weighted by atomic mass is 35.5. The lowest BCUT2D eigenvalue weighted by Crippen LogP contribution is -2.29. The van der Waals surface area contributed by atoms with E-state index < -0.39 is 17.7 Å². The Morgan fingerprint density at radius 2 is 1.69 bits per heavy atom. The molecule has 1 amide bonds. The Hall–Kier alpha value is -3.15. The molecule has 3 aromatic rings. The predicted octanol–water partition coefficient (Wildman–Crippen LogP) is 5.01. The van der Waals surface area contributed by atoms with E-state index >= 15 is 0 Å². The fourth-order valence-electron chi connectivity index (χ4n) is 3.31. The van der Waals surface area contributed by atoms with Crippen molar-refractivity contribution in [3.63, 3.8) is 0 Å². The average molecular weight is 425 g/mol. The molecular weight excluding hydrogens is 411 g/mol. The number of halogens is 2. The number of pyridine rings is 1. The maximum absolute atomic E-state index is 12.9. The number of aromatic nitrogens is 1. The standard InChI is InChI=1S/C22H14Cl2N2O3/c23-14-9-7-13(8-10-14)20(27)18-19(17-6-1-2-11-25-17)26(22(29)21(18)28)16-5-3-4-15(24)12-16/h1-12,19,27H/b20-18+. The van der Waals surface area contributed by atoms with Gasteiger partial charge in [-0.2, -0.15) is 0 Å². The first-order valence-electron chi connectivity index (χ1n) is 8.71. The molecule has 1 atom stereocenters. The maximum atomic E-state index is 12.9. The van der Waals surface area contributed by atoms with Crippen LogP contribution in [0.25, 0.3) is 5.76 Å². The summed E-state index contributed by atoms with van der Waals surface area (Å²) in [7, 11) is 0. The van der Waals surface area contributed by atoms with Gasteiger partial charge >= 0.3 is 0 Å². The van der Waals surface area contributed by atoms with Crippen LogP contribution in [0, 0.1) is 0 Å². The maximum Gasteiger partial charge on any atom is 0.300 e. The summed E-state index contributed by atoms with van der Waals surface area (Å²) in [6.07, 6.45) is 1.57. The van der Waals surface area contributed by atoms with Gasteiger partial charge in [-0.05, 0) is 54.6 Å². The van der Waals surface area contributed by atoms with Crippen molar-refractivity contribution in [2.24, 2.45) is 0 Å². The smallest absolute Gasteiger partial charge is 0.300 e. The van der Waals surface area contributed by atoms with E-state index in [1.165, 1.54) is 4.90 Å². The largest absolute Gasteiger partial charge is 0.507 e. The van der Waals surface area contributed by atoms with Crippen molar-refractivity contribution >= 4 is 46.3 Å². The van der Waals surface area contributed by atoms with Crippen LogP contribution < -0.4 is 4.90 Å². The van der Waals surface area contributed by atoms with Crippen LogP contribution in [0.5, 0.6) is 0 Å². The second-order valence-electron chi connectivity index (χ2n) is 6.41. The zero-order valence-corrected chi connectivity index (χ0v) is 16.4. The minimum Gasteiger partial charge on any atom is -0.507 e. The van der Waals surface area contributed by atoms with Crippen LogP contribution in [0.15, 0.2) is 78.5 Å². The first-order chi connectivity index (χ1) is 14.0. The van der Waals surface area contributed by atoms with E-state index in [-0.39, 0.29) is 11.3 Å². The van der Waals surface area contributed by atoms with Gasteiger partial charge in [-0.15, -0.1) is 0 Å². The average Bonchev–Trinajstić information content (AvgIpc) is 2.99. The summed E-state index contributed by atoms with van der Waals surface area (Å²) in [6.45, 7) is 0. The first-order valence-corrected chi connectivity index (χ1v) is 9.46. The van der Waals surface area contributed by atoms with Gasteiger partial charge in [-0.25, -0.2) is 0 Å². The molecule has 1 N–H and O–H groups in total. The van der Waals surface area contributed by atoms with Crippen molar-refractivity contribution in [1.29, 1.82) is 0 Å². The van der Waals surface area contributed by atoms with E-state index in [0.717, 1.165) is 0 Å². The second kappa shape index (κ2) is 7.70. The number of benzene rings is 2. The predicted molar refractivity (Wildman–Crippen MR) is 112 cm³/mol. The Bertz CT molecular complexity index is 1130. The molecule has 0 aliphatic carbocycles. The van der Waals surface area contributed by atoms with Crippen LogP contribution in [0.4, 0.5) is 5.69 Å². The number of hydrogen-bond donors (Lipinski definition) is 1. The normalized spacial score (nSPS) is 18.3. The number of carbonyl (C=O) groups excluding carboxylic acids is 2. The van der Waals surface area contributed by atoms with Crippen molar-refractivity contribution < 1.29 is 14.7 Å². The number of aliphatic hydroxyl groups is 1. The van der Waals surface area contributed by atoms with E-state index in [1.54, 1.807) is 72.9 Å². The number of hydrogen-bond acceptors (Lipinski definition) is 4. The molecule has 5 nitrogen and oxygen atoms in total. The third-order valence-electron chi connectivity index (χ3n) is 4.62. The van der Waals surface area contributed by atoms with Gasteiger partial charge < -0.3 is 5.11 Å². The van der Waals surface area contributed by atoms with Crippen LogP contribution in [0.1, 0.15) is 17.3 Å². The monoisotopic (exact) mass is 424 g/mol. The molecule has 0 bridgehead atoms. The molecule has 0 radical (unpaired) electrons. The zero-order chi connectivity index (χ0) is 20.5. The molecule has 1 unspecified atom stereocenters. The number of ketones is 1. The third kappa shape index (κ3) is 3.50. The molecule has 7 heteroatoms. The molecule has 1 aliphatic rings. The lowest BCUT2D eigenvalue weighted by molar-refractivity contribution is -0.132. The van der Waals surface area contributed by atoms with Gasteiger partial charge in [-0.1, -0.05) is 35.3 Å². The molecule has 4 rings (SSSR count). The summed E-state index contributed by atoms with van der Waals surface area (Å²) >= 11 is 12.0. The number of Topliss-reactive ketones (excluding diaryl/α,β-unsaturated/α-hetero) is 1. The number of rotatable bonds is 3. The molecule has 0 spiro atoms. The number of aliphatic hydroxyl groups excluding tert-OH is 1. The van der Waals surface area contributed by atoms with E-state index in [2.05, 4.69) is 4.98 Å². The van der Waals surface area contributed by atoms with Crippen molar-refractivity contribution in [2.75, 3.05) is 4.90 Å². The van der Waals surface area contributed by atoms with Gasteiger partial charge in [0.05, 0.1) is 11.3 Å². The van der Waals surface area contributed by atoms with Crippen LogP contribution in [0.2, 0.25) is 10.0 Å². The molecule has 1 fully saturated rings. The van der Waals surface area contributed by atoms with E-state index in [4.69, 9.17) is 23.2 Å². The topological polar surface area (TPSA) is 70.5 Å². The minimum atomic E-state index is -0.898. The number of carbonyl (C=O) groups is 2. The molecule has 2 heterocycles. The third-order valence-corrected chi connectivity index (χ3v) is 5.10. The Balaban J connectivity index is 1.94. The van der Waals surface area contributed by atoms with Crippen LogP contribution >= 0.6 is 23.2 Å². The molecular formula is C22H14Cl2N2O3. The fourth-order valence-corrected chi connectivity index (χ4v) is 3.62. The summed E-state index contributed by atoms with van der Waals surface area (Å²) < 4.78 is 0. The Labute approximate surface area is 176 Å². The molecule has 144 valence electrons. The van der Waals surface area contributed by atoms with Crippen LogP contribution in [-0.2, 0) is 9.59 Å². The summed E-state index contributed by atoms with van der Waals surface area (Å²) in [5, 5.41) is 11.8. The first kappa shape index (κ1) is 19.2. The summed E-state index contributed by atoms with van der Waals surface area (Å²) in [5.41, 5.74) is 1.21. The highest BCUT2D eigenvalue weighted by molar-refractivity contribution is 6.51. The van der Waals surface area contributed by atoms with Gasteiger partial charge in [-0.3, -0.25) is 19.5 Å². The van der Waals surface area contributed by atoms with Gasteiger partial charge in [0.25, 0.3) is 11.7 Å². The zero-order valence-electron chi connectivity index (χ0n) is 14.9. The number of amides is 1.